The summed E-state index contributed by atoms with van der Waals surface area (Å²) < 4.78 is 10.9. The summed E-state index contributed by atoms with van der Waals surface area (Å²) >= 11 is 0. The molecular weight excluding hydrogens is 290 g/mol. The van der Waals surface area contributed by atoms with Crippen LogP contribution < -0.4 is 15.4 Å². The largest absolute Gasteiger partial charge is 0.495 e. The number of nitrogen functional groups attached to an aromatic ring is 1. The maximum absolute atomic E-state index is 6.06. The van der Waals surface area contributed by atoms with Crippen LogP contribution in [-0.2, 0) is 11.2 Å². The number of benzene rings is 1. The molecule has 0 aliphatic carbocycles. The molecule has 0 unspecified atom stereocenters. The molecule has 128 valence electrons. The van der Waals surface area contributed by atoms with Gasteiger partial charge in [-0.25, -0.2) is 0 Å². The highest BCUT2D eigenvalue weighted by atomic mass is 16.5. The van der Waals surface area contributed by atoms with Gasteiger partial charge < -0.3 is 20.1 Å². The van der Waals surface area contributed by atoms with Crippen molar-refractivity contribution < 1.29 is 9.47 Å². The van der Waals surface area contributed by atoms with E-state index in [2.05, 4.69) is 28.9 Å². The Balaban J connectivity index is 1.69. The van der Waals surface area contributed by atoms with Gasteiger partial charge >= 0.3 is 0 Å². The number of nitrogens with zero attached hydrogens (tertiary/aromatic N) is 2. The average Bonchev–Trinajstić information content (AvgIpc) is 2.62. The molecule has 2 heterocycles. The van der Waals surface area contributed by atoms with Crippen LogP contribution in [0.15, 0.2) is 12.1 Å². The van der Waals surface area contributed by atoms with Gasteiger partial charge in [0.25, 0.3) is 0 Å². The smallest absolute Gasteiger partial charge is 0.143 e. The molecule has 23 heavy (non-hydrogen) atoms. The van der Waals surface area contributed by atoms with Gasteiger partial charge in [-0.15, -0.1) is 0 Å². The zero-order valence-electron chi connectivity index (χ0n) is 14.4. The predicted molar refractivity (Wildman–Crippen MR) is 94.4 cm³/mol. The molecule has 2 fully saturated rings. The van der Waals surface area contributed by atoms with Crippen molar-refractivity contribution in [1.82, 2.24) is 4.90 Å². The first kappa shape index (κ1) is 16.4. The lowest BCUT2D eigenvalue weighted by molar-refractivity contribution is 0.0115. The van der Waals surface area contributed by atoms with Crippen LogP contribution >= 0.6 is 0 Å². The number of hydrogen-bond donors (Lipinski definition) is 1. The number of rotatable bonds is 4. The summed E-state index contributed by atoms with van der Waals surface area (Å²) in [5, 5.41) is 0. The number of hydrogen-bond acceptors (Lipinski definition) is 5. The SMILES string of the molecule is CCc1cc(N)c(OC)cc1N1CCC(N2CCOCC2)CC1. The van der Waals surface area contributed by atoms with E-state index in [4.69, 9.17) is 15.2 Å². The molecule has 5 heteroatoms. The Labute approximate surface area is 139 Å². The normalized spacial score (nSPS) is 20.7. The molecule has 2 aliphatic heterocycles. The molecule has 2 saturated heterocycles. The Morgan fingerprint density at radius 1 is 1.17 bits per heavy atom. The predicted octanol–water partition coefficient (Wildman–Crippen LogP) is 2.14. The number of ether oxygens (including phenoxy) is 2. The van der Waals surface area contributed by atoms with Gasteiger partial charge in [0.15, 0.2) is 0 Å². The molecule has 0 radical (unpaired) electrons. The van der Waals surface area contributed by atoms with Crippen molar-refractivity contribution in [1.29, 1.82) is 0 Å². The van der Waals surface area contributed by atoms with Crippen LogP contribution in [-0.4, -0.2) is 57.4 Å². The van der Waals surface area contributed by atoms with E-state index < -0.39 is 0 Å². The molecule has 2 aliphatic rings. The van der Waals surface area contributed by atoms with Gasteiger partial charge in [0.2, 0.25) is 0 Å². The third-order valence-electron chi connectivity index (χ3n) is 5.18. The number of morpholine rings is 1. The Kier molecular flexibility index (Phi) is 5.28. The fraction of sp³-hybridized carbons (Fsp3) is 0.667. The summed E-state index contributed by atoms with van der Waals surface area (Å²) in [7, 11) is 1.69. The molecular formula is C18H29N3O2. The van der Waals surface area contributed by atoms with E-state index in [1.807, 2.05) is 0 Å². The number of anilines is 2. The average molecular weight is 319 g/mol. The molecule has 1 aromatic rings. The molecule has 1 aromatic carbocycles. The number of aryl methyl sites for hydroxylation is 1. The van der Waals surface area contributed by atoms with Gasteiger partial charge in [-0.3, -0.25) is 4.90 Å². The zero-order valence-corrected chi connectivity index (χ0v) is 14.4. The lowest BCUT2D eigenvalue weighted by atomic mass is 10.00. The molecule has 0 aromatic heterocycles. The number of piperidine rings is 1. The third-order valence-corrected chi connectivity index (χ3v) is 5.18. The fourth-order valence-electron chi connectivity index (χ4n) is 3.80. The van der Waals surface area contributed by atoms with Crippen molar-refractivity contribution in [2.45, 2.75) is 32.2 Å². The van der Waals surface area contributed by atoms with E-state index >= 15 is 0 Å². The molecule has 0 saturated carbocycles. The van der Waals surface area contributed by atoms with E-state index in [-0.39, 0.29) is 0 Å². The van der Waals surface area contributed by atoms with E-state index in [0.717, 1.165) is 57.3 Å². The standard InChI is InChI=1S/C18H29N3O2/c1-3-14-12-16(19)18(22-2)13-17(14)21-6-4-15(5-7-21)20-8-10-23-11-9-20/h12-13,15H,3-11,19H2,1-2H3. The summed E-state index contributed by atoms with van der Waals surface area (Å²) in [5.74, 6) is 0.785. The molecule has 0 atom stereocenters. The zero-order chi connectivity index (χ0) is 16.2. The molecule has 0 amide bonds. The molecule has 2 N–H and O–H groups in total. The van der Waals surface area contributed by atoms with Crippen LogP contribution in [0.1, 0.15) is 25.3 Å². The van der Waals surface area contributed by atoms with Gasteiger partial charge in [-0.05, 0) is 30.9 Å². The highest BCUT2D eigenvalue weighted by molar-refractivity contribution is 5.67. The minimum atomic E-state index is 0.705. The Morgan fingerprint density at radius 3 is 2.48 bits per heavy atom. The van der Waals surface area contributed by atoms with Gasteiger partial charge in [0, 0.05) is 44.0 Å². The quantitative estimate of drug-likeness (QED) is 0.862. The van der Waals surface area contributed by atoms with Crippen LogP contribution in [0.3, 0.4) is 0 Å². The summed E-state index contributed by atoms with van der Waals surface area (Å²) in [6.45, 7) is 8.32. The lowest BCUT2D eigenvalue weighted by Gasteiger charge is -2.41. The Bertz CT molecular complexity index is 521. The lowest BCUT2D eigenvalue weighted by Crippen LogP contribution is -2.49. The van der Waals surface area contributed by atoms with Crippen molar-refractivity contribution in [3.05, 3.63) is 17.7 Å². The summed E-state index contributed by atoms with van der Waals surface area (Å²) in [4.78, 5) is 5.10. The van der Waals surface area contributed by atoms with Crippen molar-refractivity contribution in [2.24, 2.45) is 0 Å². The number of nitrogens with two attached hydrogens (primary N) is 1. The van der Waals surface area contributed by atoms with Crippen LogP contribution in [0.4, 0.5) is 11.4 Å². The monoisotopic (exact) mass is 319 g/mol. The molecule has 0 spiro atoms. The van der Waals surface area contributed by atoms with Crippen LogP contribution in [0.2, 0.25) is 0 Å². The third kappa shape index (κ3) is 3.56. The topological polar surface area (TPSA) is 51.0 Å². The maximum Gasteiger partial charge on any atom is 0.143 e. The van der Waals surface area contributed by atoms with Gasteiger partial charge in [0.05, 0.1) is 26.0 Å². The van der Waals surface area contributed by atoms with Gasteiger partial charge in [-0.1, -0.05) is 6.92 Å². The van der Waals surface area contributed by atoms with Crippen molar-refractivity contribution in [3.63, 3.8) is 0 Å². The maximum atomic E-state index is 6.06. The summed E-state index contributed by atoms with van der Waals surface area (Å²) in [6.07, 6.45) is 3.43. The van der Waals surface area contributed by atoms with Crippen molar-refractivity contribution in [2.75, 3.05) is 57.1 Å². The first-order valence-electron chi connectivity index (χ1n) is 8.76. The minimum Gasteiger partial charge on any atom is -0.495 e. The van der Waals surface area contributed by atoms with E-state index in [1.165, 1.54) is 24.1 Å². The summed E-state index contributed by atoms with van der Waals surface area (Å²) in [6, 6.07) is 4.89. The Morgan fingerprint density at radius 2 is 1.87 bits per heavy atom. The fourth-order valence-corrected chi connectivity index (χ4v) is 3.80. The van der Waals surface area contributed by atoms with Gasteiger partial charge in [0.1, 0.15) is 5.75 Å². The van der Waals surface area contributed by atoms with Crippen LogP contribution in [0, 0.1) is 0 Å². The number of methoxy groups -OCH3 is 1. The summed E-state index contributed by atoms with van der Waals surface area (Å²) in [5.41, 5.74) is 9.40. The minimum absolute atomic E-state index is 0.705. The molecule has 5 nitrogen and oxygen atoms in total. The first-order chi connectivity index (χ1) is 11.2. The second-order valence-electron chi connectivity index (χ2n) is 6.44. The van der Waals surface area contributed by atoms with Crippen molar-refractivity contribution >= 4 is 11.4 Å². The van der Waals surface area contributed by atoms with Crippen molar-refractivity contribution in [3.8, 4) is 5.75 Å². The Hall–Kier alpha value is -1.46. The molecule has 0 bridgehead atoms. The van der Waals surface area contributed by atoms with Gasteiger partial charge in [-0.2, -0.15) is 0 Å². The van der Waals surface area contributed by atoms with E-state index in [9.17, 15) is 0 Å². The highest BCUT2D eigenvalue weighted by Crippen LogP contribution is 2.34. The van der Waals surface area contributed by atoms with Crippen LogP contribution in [0.5, 0.6) is 5.75 Å². The first-order valence-corrected chi connectivity index (χ1v) is 8.76. The highest BCUT2D eigenvalue weighted by Gasteiger charge is 2.27. The second kappa shape index (κ2) is 7.41. The van der Waals surface area contributed by atoms with E-state index in [1.54, 1.807) is 7.11 Å². The second-order valence-corrected chi connectivity index (χ2v) is 6.44. The van der Waals surface area contributed by atoms with Crippen LogP contribution in [0.25, 0.3) is 0 Å². The molecule has 3 rings (SSSR count). The van der Waals surface area contributed by atoms with E-state index in [0.29, 0.717) is 6.04 Å².